The molecule has 234 valence electrons. The Morgan fingerprint density at radius 1 is 0.844 bits per heavy atom. The second-order valence-electron chi connectivity index (χ2n) is 13.6. The molecule has 0 radical (unpaired) electrons. The highest BCUT2D eigenvalue weighted by atomic mass is 28.4. The molecule has 3 heterocycles. The maximum absolute atomic E-state index is 13.8. The Kier molecular flexibility index (Phi) is 8.46. The lowest BCUT2D eigenvalue weighted by Crippen LogP contribution is -2.47. The van der Waals surface area contributed by atoms with Crippen LogP contribution in [0.5, 0.6) is 5.88 Å². The first-order valence-electron chi connectivity index (χ1n) is 15.9. The molecular formula is C37H44N4O3Si. The van der Waals surface area contributed by atoms with E-state index < -0.39 is 8.32 Å². The molecule has 0 spiro atoms. The van der Waals surface area contributed by atoms with Gasteiger partial charge in [0.2, 0.25) is 5.88 Å². The van der Waals surface area contributed by atoms with Gasteiger partial charge in [-0.15, -0.1) is 0 Å². The minimum atomic E-state index is -1.80. The molecule has 1 fully saturated rings. The van der Waals surface area contributed by atoms with Crippen molar-refractivity contribution in [2.45, 2.75) is 64.0 Å². The molecule has 2 aromatic heterocycles. The predicted octanol–water partition coefficient (Wildman–Crippen LogP) is 7.88. The summed E-state index contributed by atoms with van der Waals surface area (Å²) in [7, 11) is 0.0295. The molecular weight excluding hydrogens is 577 g/mol. The van der Waals surface area contributed by atoms with Crippen LogP contribution in [0.4, 0.5) is 5.69 Å². The summed E-state index contributed by atoms with van der Waals surface area (Å²) in [5.41, 5.74) is 5.30. The zero-order valence-corrected chi connectivity index (χ0v) is 28.2. The lowest BCUT2D eigenvalue weighted by atomic mass is 10.0. The molecule has 1 aliphatic rings. The van der Waals surface area contributed by atoms with Gasteiger partial charge in [0, 0.05) is 38.1 Å². The van der Waals surface area contributed by atoms with E-state index in [2.05, 4.69) is 55.9 Å². The normalized spacial score (nSPS) is 14.8. The van der Waals surface area contributed by atoms with E-state index in [9.17, 15) is 4.79 Å². The van der Waals surface area contributed by atoms with Crippen LogP contribution in [0.15, 0.2) is 102 Å². The Balaban J connectivity index is 1.29. The van der Waals surface area contributed by atoms with Crippen molar-refractivity contribution in [1.29, 1.82) is 0 Å². The highest BCUT2D eigenvalue weighted by Gasteiger charge is 2.39. The number of aromatic nitrogens is 3. The van der Waals surface area contributed by atoms with Crippen molar-refractivity contribution in [3.05, 3.63) is 119 Å². The van der Waals surface area contributed by atoms with E-state index in [-0.39, 0.29) is 16.8 Å². The number of anilines is 1. The van der Waals surface area contributed by atoms with E-state index >= 15 is 0 Å². The molecule has 8 heteroatoms. The molecule has 45 heavy (non-hydrogen) atoms. The van der Waals surface area contributed by atoms with Crippen LogP contribution in [0.25, 0.3) is 16.7 Å². The van der Waals surface area contributed by atoms with E-state index in [1.54, 1.807) is 15.3 Å². The molecule has 1 aliphatic heterocycles. The Labute approximate surface area is 267 Å². The second kappa shape index (κ2) is 12.3. The number of ether oxygens (including phenoxy) is 1. The monoisotopic (exact) mass is 620 g/mol. The van der Waals surface area contributed by atoms with Gasteiger partial charge in [-0.3, -0.25) is 9.13 Å². The number of pyridine rings is 1. The van der Waals surface area contributed by atoms with E-state index in [1.165, 1.54) is 0 Å². The summed E-state index contributed by atoms with van der Waals surface area (Å²) >= 11 is 0. The molecule has 3 aromatic carbocycles. The van der Waals surface area contributed by atoms with Crippen LogP contribution in [-0.2, 0) is 11.5 Å². The summed E-state index contributed by atoms with van der Waals surface area (Å²) in [5.74, 6) is 0.401. The summed E-state index contributed by atoms with van der Waals surface area (Å²) in [6.45, 7) is 13.4. The summed E-state index contributed by atoms with van der Waals surface area (Å²) < 4.78 is 16.8. The highest BCUT2D eigenvalue weighted by Crippen LogP contribution is 2.39. The van der Waals surface area contributed by atoms with Crippen LogP contribution < -0.4 is 15.3 Å². The molecule has 0 atom stereocenters. The summed E-state index contributed by atoms with van der Waals surface area (Å²) in [6.07, 6.45) is 3.63. The molecule has 0 amide bonds. The zero-order valence-electron chi connectivity index (χ0n) is 27.2. The molecule has 5 aromatic rings. The van der Waals surface area contributed by atoms with Crippen molar-refractivity contribution in [1.82, 2.24) is 14.1 Å². The number of rotatable bonds is 8. The van der Waals surface area contributed by atoms with Crippen molar-refractivity contribution < 1.29 is 9.16 Å². The lowest BCUT2D eigenvalue weighted by molar-refractivity contribution is 0.152. The van der Waals surface area contributed by atoms with E-state index in [4.69, 9.17) is 9.16 Å². The number of benzene rings is 3. The largest absolute Gasteiger partial charge is 0.463 e. The SMILES string of the molecule is Cn1c(=O)n(-c2cccnc2OC(c2ccccc2)c2ccccc2)c2ccc(N3CCC(O[Si](C)(C)C(C)(C)C)CC3)cc21. The average Bonchev–Trinajstić information content (AvgIpc) is 3.29. The summed E-state index contributed by atoms with van der Waals surface area (Å²) in [6, 6.07) is 30.3. The maximum atomic E-state index is 13.8. The quantitative estimate of drug-likeness (QED) is 0.165. The van der Waals surface area contributed by atoms with Gasteiger partial charge in [-0.2, -0.15) is 0 Å². The molecule has 0 aliphatic carbocycles. The van der Waals surface area contributed by atoms with Crippen LogP contribution in [0, 0.1) is 0 Å². The fraction of sp³-hybridized carbons (Fsp3) is 0.351. The smallest absolute Gasteiger partial charge is 0.333 e. The van der Waals surface area contributed by atoms with Gasteiger partial charge in [-0.05, 0) is 72.4 Å². The standard InChI is InChI=1S/C37H44N4O3Si/c1-37(2,3)45(5,6)44-30-21-24-40(25-22-30)29-19-20-31-33(26-29)39(4)36(42)41(31)32-18-13-23-38-35(32)43-34(27-14-9-7-10-15-27)28-16-11-8-12-17-28/h7-20,23,26,30,34H,21-22,24-25H2,1-6H3. The average molecular weight is 621 g/mol. The maximum Gasteiger partial charge on any atom is 0.333 e. The van der Waals surface area contributed by atoms with Gasteiger partial charge in [0.05, 0.1) is 11.0 Å². The van der Waals surface area contributed by atoms with Crippen molar-refractivity contribution >= 4 is 25.0 Å². The minimum Gasteiger partial charge on any atom is -0.463 e. The summed E-state index contributed by atoms with van der Waals surface area (Å²) in [5, 5.41) is 0.205. The van der Waals surface area contributed by atoms with Crippen LogP contribution in [0.2, 0.25) is 18.1 Å². The Bertz CT molecular complexity index is 1780. The molecule has 1 saturated heterocycles. The number of nitrogens with zero attached hydrogens (tertiary/aromatic N) is 4. The first-order valence-corrected chi connectivity index (χ1v) is 18.8. The van der Waals surface area contributed by atoms with Crippen molar-refractivity contribution in [3.63, 3.8) is 0 Å². The number of fused-ring (bicyclic) bond motifs is 1. The predicted molar refractivity (Wildman–Crippen MR) is 185 cm³/mol. The second-order valence-corrected chi connectivity index (χ2v) is 18.3. The van der Waals surface area contributed by atoms with E-state index in [1.807, 2.05) is 85.9 Å². The molecule has 0 unspecified atom stereocenters. The van der Waals surface area contributed by atoms with Crippen molar-refractivity contribution in [2.24, 2.45) is 7.05 Å². The first-order chi connectivity index (χ1) is 21.5. The topological polar surface area (TPSA) is 61.5 Å². The number of hydrogen-bond acceptors (Lipinski definition) is 5. The van der Waals surface area contributed by atoms with Crippen LogP contribution in [0.1, 0.15) is 50.8 Å². The Morgan fingerprint density at radius 3 is 2.07 bits per heavy atom. The molecule has 0 N–H and O–H groups in total. The van der Waals surface area contributed by atoms with Crippen molar-refractivity contribution in [3.8, 4) is 11.6 Å². The van der Waals surface area contributed by atoms with Gasteiger partial charge in [0.25, 0.3) is 0 Å². The van der Waals surface area contributed by atoms with E-state index in [0.29, 0.717) is 17.7 Å². The minimum absolute atomic E-state index is 0.141. The third-order valence-corrected chi connectivity index (χ3v) is 14.1. The first kappa shape index (κ1) is 30.9. The Hall–Kier alpha value is -4.14. The zero-order chi connectivity index (χ0) is 31.8. The molecule has 6 rings (SSSR count). The highest BCUT2D eigenvalue weighted by molar-refractivity contribution is 6.74. The molecule has 0 saturated carbocycles. The van der Waals surface area contributed by atoms with Gasteiger partial charge < -0.3 is 14.1 Å². The number of aryl methyl sites for hydroxylation is 1. The third-order valence-electron chi connectivity index (χ3n) is 9.54. The molecule has 0 bridgehead atoms. The van der Waals surface area contributed by atoms with Gasteiger partial charge in [-0.1, -0.05) is 81.4 Å². The number of piperidine rings is 1. The Morgan fingerprint density at radius 2 is 1.47 bits per heavy atom. The van der Waals surface area contributed by atoms with Crippen molar-refractivity contribution in [2.75, 3.05) is 18.0 Å². The molecule has 7 nitrogen and oxygen atoms in total. The fourth-order valence-corrected chi connectivity index (χ4v) is 7.34. The fourth-order valence-electron chi connectivity index (χ4n) is 5.92. The van der Waals surface area contributed by atoms with Crippen LogP contribution >= 0.6 is 0 Å². The van der Waals surface area contributed by atoms with Gasteiger partial charge in [0.1, 0.15) is 5.69 Å². The summed E-state index contributed by atoms with van der Waals surface area (Å²) in [4.78, 5) is 20.9. The lowest BCUT2D eigenvalue weighted by Gasteiger charge is -2.42. The number of hydrogen-bond donors (Lipinski definition) is 0. The number of imidazole rings is 1. The van der Waals surface area contributed by atoms with E-state index in [0.717, 1.165) is 53.8 Å². The van der Waals surface area contributed by atoms with Gasteiger partial charge in [0.15, 0.2) is 14.4 Å². The van der Waals surface area contributed by atoms with Crippen LogP contribution in [0.3, 0.4) is 0 Å². The van der Waals surface area contributed by atoms with Crippen LogP contribution in [-0.4, -0.2) is 41.6 Å². The third kappa shape index (κ3) is 6.22. The van der Waals surface area contributed by atoms with Gasteiger partial charge in [-0.25, -0.2) is 9.78 Å². The van der Waals surface area contributed by atoms with Gasteiger partial charge >= 0.3 is 5.69 Å².